The highest BCUT2D eigenvalue weighted by Crippen LogP contribution is 2.16. The van der Waals surface area contributed by atoms with Crippen molar-refractivity contribution in [2.24, 2.45) is 0 Å². The molecule has 1 rings (SSSR count). The van der Waals surface area contributed by atoms with Crippen LogP contribution in [0.4, 0.5) is 0 Å². The first-order valence-electron chi connectivity index (χ1n) is 3.29. The molecule has 0 aromatic heterocycles. The van der Waals surface area contributed by atoms with Gasteiger partial charge in [0.25, 0.3) is 0 Å². The predicted octanol–water partition coefficient (Wildman–Crippen LogP) is 3.22. The molecular formula is C9H10Cl. The molecule has 0 atom stereocenters. The zero-order valence-corrected chi connectivity index (χ0v) is 6.94. The Bertz CT molecular complexity index is 228. The lowest BCUT2D eigenvalue weighted by Crippen LogP contribution is -1.79. The summed E-state index contributed by atoms with van der Waals surface area (Å²) in [6, 6.07) is 6.00. The third kappa shape index (κ3) is 1.51. The third-order valence-electron chi connectivity index (χ3n) is 1.52. The Hall–Kier alpha value is -0.490. The summed E-state index contributed by atoms with van der Waals surface area (Å²) in [4.78, 5) is 0. The van der Waals surface area contributed by atoms with E-state index >= 15 is 0 Å². The van der Waals surface area contributed by atoms with E-state index in [9.17, 15) is 0 Å². The lowest BCUT2D eigenvalue weighted by atomic mass is 10.1. The molecule has 0 heterocycles. The van der Waals surface area contributed by atoms with Gasteiger partial charge in [0.05, 0.1) is 0 Å². The van der Waals surface area contributed by atoms with Crippen LogP contribution in [0.2, 0.25) is 5.02 Å². The molecule has 0 nitrogen and oxygen atoms in total. The summed E-state index contributed by atoms with van der Waals surface area (Å²) in [6.45, 7) is 4.03. The van der Waals surface area contributed by atoms with Crippen LogP contribution in [-0.2, 0) is 0 Å². The Morgan fingerprint density at radius 2 is 2.10 bits per heavy atom. The van der Waals surface area contributed by atoms with E-state index in [0.29, 0.717) is 0 Å². The van der Waals surface area contributed by atoms with Gasteiger partial charge in [-0.3, -0.25) is 0 Å². The Morgan fingerprint density at radius 1 is 1.40 bits per heavy atom. The van der Waals surface area contributed by atoms with Crippen molar-refractivity contribution >= 4 is 11.6 Å². The van der Waals surface area contributed by atoms with E-state index in [1.54, 1.807) is 0 Å². The van der Waals surface area contributed by atoms with Gasteiger partial charge in [0.2, 0.25) is 0 Å². The van der Waals surface area contributed by atoms with Crippen molar-refractivity contribution in [2.45, 2.75) is 13.8 Å². The summed E-state index contributed by atoms with van der Waals surface area (Å²) in [6.07, 6.45) is 2.06. The maximum absolute atomic E-state index is 5.82. The molecule has 0 saturated heterocycles. The molecule has 0 N–H and O–H groups in total. The number of benzene rings is 1. The normalized spacial score (nSPS) is 9.90. The zero-order chi connectivity index (χ0) is 7.56. The molecule has 1 radical (unpaired) electrons. The smallest absolute Gasteiger partial charge is 0.0435 e. The highest BCUT2D eigenvalue weighted by atomic mass is 35.5. The molecule has 1 aromatic rings. The van der Waals surface area contributed by atoms with E-state index in [1.165, 1.54) is 5.56 Å². The average Bonchev–Trinajstić information content (AvgIpc) is 1.95. The minimum Gasteiger partial charge on any atom is -0.0841 e. The van der Waals surface area contributed by atoms with Crippen molar-refractivity contribution in [1.82, 2.24) is 0 Å². The van der Waals surface area contributed by atoms with Crippen LogP contribution in [-0.4, -0.2) is 0 Å². The molecule has 0 amide bonds. The summed E-state index contributed by atoms with van der Waals surface area (Å²) < 4.78 is 0. The van der Waals surface area contributed by atoms with Crippen LogP contribution in [0.15, 0.2) is 18.2 Å². The van der Waals surface area contributed by atoms with Crippen molar-refractivity contribution in [3.8, 4) is 0 Å². The van der Waals surface area contributed by atoms with Crippen LogP contribution >= 0.6 is 11.6 Å². The van der Waals surface area contributed by atoms with Gasteiger partial charge in [-0.1, -0.05) is 30.7 Å². The molecule has 1 heteroatoms. The zero-order valence-electron chi connectivity index (χ0n) is 6.19. The minimum absolute atomic E-state index is 0.839. The molecule has 0 unspecified atom stereocenters. The van der Waals surface area contributed by atoms with Gasteiger partial charge in [-0.25, -0.2) is 0 Å². The van der Waals surface area contributed by atoms with Gasteiger partial charge in [0.1, 0.15) is 0 Å². The highest BCUT2D eigenvalue weighted by molar-refractivity contribution is 6.31. The van der Waals surface area contributed by atoms with Crippen molar-refractivity contribution in [2.75, 3.05) is 0 Å². The molecule has 0 spiro atoms. The van der Waals surface area contributed by atoms with E-state index in [-0.39, 0.29) is 0 Å². The predicted molar refractivity (Wildman–Crippen MR) is 45.3 cm³/mol. The maximum atomic E-state index is 5.82. The largest absolute Gasteiger partial charge is 0.0841 e. The van der Waals surface area contributed by atoms with Crippen molar-refractivity contribution in [1.29, 1.82) is 0 Å². The first-order chi connectivity index (χ1) is 4.74. The quantitative estimate of drug-likeness (QED) is 0.581. The van der Waals surface area contributed by atoms with Crippen molar-refractivity contribution in [3.05, 3.63) is 40.8 Å². The standard InChI is InChI=1S/C9H10Cl/c1-3-8-4-5-9(10)7(2)6-8/h3-6H,1-2H3. The molecule has 0 fully saturated rings. The van der Waals surface area contributed by atoms with Crippen molar-refractivity contribution < 1.29 is 0 Å². The molecule has 10 heavy (non-hydrogen) atoms. The Kier molecular flexibility index (Phi) is 2.34. The topological polar surface area (TPSA) is 0 Å². The molecule has 0 aliphatic heterocycles. The summed E-state index contributed by atoms with van der Waals surface area (Å²) in [5.41, 5.74) is 2.36. The summed E-state index contributed by atoms with van der Waals surface area (Å²) in [5, 5.41) is 0.839. The van der Waals surface area contributed by atoms with Gasteiger partial charge in [0, 0.05) is 5.02 Å². The second-order valence-electron chi connectivity index (χ2n) is 2.30. The molecule has 0 aliphatic carbocycles. The fraction of sp³-hybridized carbons (Fsp3) is 0.222. The second-order valence-corrected chi connectivity index (χ2v) is 2.70. The van der Waals surface area contributed by atoms with Crippen LogP contribution in [0.25, 0.3) is 0 Å². The number of hydrogen-bond donors (Lipinski definition) is 0. The van der Waals surface area contributed by atoms with Crippen LogP contribution in [0.1, 0.15) is 18.1 Å². The fourth-order valence-electron chi connectivity index (χ4n) is 0.847. The van der Waals surface area contributed by atoms with Gasteiger partial charge >= 0.3 is 0 Å². The third-order valence-corrected chi connectivity index (χ3v) is 1.94. The molecular weight excluding hydrogens is 144 g/mol. The lowest BCUT2D eigenvalue weighted by Gasteiger charge is -1.99. The first kappa shape index (κ1) is 7.62. The van der Waals surface area contributed by atoms with Gasteiger partial charge in [-0.05, 0) is 30.5 Å². The summed E-state index contributed by atoms with van der Waals surface area (Å²) in [5.74, 6) is 0. The molecule has 0 saturated carbocycles. The van der Waals surface area contributed by atoms with Gasteiger partial charge in [0.15, 0.2) is 0 Å². The lowest BCUT2D eigenvalue weighted by molar-refractivity contribution is 1.37. The number of rotatable bonds is 1. The van der Waals surface area contributed by atoms with Gasteiger partial charge < -0.3 is 0 Å². The van der Waals surface area contributed by atoms with Crippen LogP contribution < -0.4 is 0 Å². The molecule has 0 aliphatic rings. The van der Waals surface area contributed by atoms with Gasteiger partial charge in [-0.2, -0.15) is 0 Å². The van der Waals surface area contributed by atoms with E-state index in [4.69, 9.17) is 11.6 Å². The SMILES string of the molecule is C[CH]c1ccc(Cl)c(C)c1. The van der Waals surface area contributed by atoms with Crippen molar-refractivity contribution in [3.63, 3.8) is 0 Å². The van der Waals surface area contributed by atoms with E-state index in [1.807, 2.05) is 26.0 Å². The summed E-state index contributed by atoms with van der Waals surface area (Å²) in [7, 11) is 0. The summed E-state index contributed by atoms with van der Waals surface area (Å²) >= 11 is 5.82. The monoisotopic (exact) mass is 153 g/mol. The molecule has 0 bridgehead atoms. The molecule has 53 valence electrons. The fourth-order valence-corrected chi connectivity index (χ4v) is 0.965. The number of halogens is 1. The molecule has 1 aromatic carbocycles. The van der Waals surface area contributed by atoms with Crippen LogP contribution in [0.5, 0.6) is 0 Å². The second kappa shape index (κ2) is 3.07. The number of aryl methyl sites for hydroxylation is 1. The van der Waals surface area contributed by atoms with Crippen LogP contribution in [0.3, 0.4) is 0 Å². The minimum atomic E-state index is 0.839. The van der Waals surface area contributed by atoms with E-state index < -0.39 is 0 Å². The van der Waals surface area contributed by atoms with Crippen LogP contribution in [0, 0.1) is 13.3 Å². The number of hydrogen-bond acceptors (Lipinski definition) is 0. The van der Waals surface area contributed by atoms with E-state index in [2.05, 4.69) is 12.5 Å². The first-order valence-corrected chi connectivity index (χ1v) is 3.67. The van der Waals surface area contributed by atoms with E-state index in [0.717, 1.165) is 10.6 Å². The average molecular weight is 154 g/mol. The Morgan fingerprint density at radius 3 is 2.60 bits per heavy atom. The maximum Gasteiger partial charge on any atom is 0.0435 e. The Balaban J connectivity index is 3.04. The Labute approximate surface area is 66.8 Å². The van der Waals surface area contributed by atoms with Gasteiger partial charge in [-0.15, -0.1) is 0 Å². The highest BCUT2D eigenvalue weighted by Gasteiger charge is 1.94.